The van der Waals surface area contributed by atoms with Crippen LogP contribution in [0.3, 0.4) is 0 Å². The van der Waals surface area contributed by atoms with Gasteiger partial charge in [0.25, 0.3) is 5.91 Å². The Kier molecular flexibility index (Phi) is 3.65. The van der Waals surface area contributed by atoms with Gasteiger partial charge in [0.15, 0.2) is 0 Å². The number of hydrogen-bond donors (Lipinski definition) is 1. The normalized spacial score (nSPS) is 16.8. The van der Waals surface area contributed by atoms with Crippen LogP contribution in [0.25, 0.3) is 0 Å². The number of nitrogens with one attached hydrogen (secondary N) is 1. The van der Waals surface area contributed by atoms with Crippen LogP contribution < -0.4 is 10.1 Å². The zero-order valence-corrected chi connectivity index (χ0v) is 12.3. The van der Waals surface area contributed by atoms with E-state index in [1.165, 1.54) is 5.56 Å². The summed E-state index contributed by atoms with van der Waals surface area (Å²) in [5.74, 6) is 0.843. The highest BCUT2D eigenvalue weighted by Crippen LogP contribution is 2.32. The van der Waals surface area contributed by atoms with Gasteiger partial charge in [0.1, 0.15) is 5.75 Å². The summed E-state index contributed by atoms with van der Waals surface area (Å²) in [5.41, 5.74) is 4.09. The zero-order chi connectivity index (χ0) is 14.8. The average molecular weight is 281 g/mol. The number of carbonyl (C=O) groups is 1. The molecule has 2 aromatic rings. The lowest BCUT2D eigenvalue weighted by Gasteiger charge is -2.27. The van der Waals surface area contributed by atoms with E-state index in [2.05, 4.69) is 11.4 Å². The van der Waals surface area contributed by atoms with Crippen molar-refractivity contribution in [1.29, 1.82) is 0 Å². The molecule has 0 radical (unpaired) electrons. The first-order valence-electron chi connectivity index (χ1n) is 7.24. The third-order valence-electron chi connectivity index (χ3n) is 3.82. The molecule has 3 nitrogen and oxygen atoms in total. The van der Waals surface area contributed by atoms with Crippen molar-refractivity contribution in [3.8, 4) is 5.75 Å². The van der Waals surface area contributed by atoms with E-state index in [0.29, 0.717) is 12.2 Å². The lowest BCUT2D eigenvalue weighted by molar-refractivity contribution is 0.0925. The number of carbonyl (C=O) groups excluding carboxylic acids is 1. The van der Waals surface area contributed by atoms with Crippen molar-refractivity contribution in [2.75, 3.05) is 6.61 Å². The van der Waals surface area contributed by atoms with Crippen LogP contribution in [-0.4, -0.2) is 12.5 Å². The first-order chi connectivity index (χ1) is 10.1. The Morgan fingerprint density at radius 2 is 1.81 bits per heavy atom. The molecule has 0 aromatic heterocycles. The average Bonchev–Trinajstić information content (AvgIpc) is 2.48. The van der Waals surface area contributed by atoms with Gasteiger partial charge in [-0.1, -0.05) is 35.4 Å². The lowest BCUT2D eigenvalue weighted by Crippen LogP contribution is -2.32. The van der Waals surface area contributed by atoms with Crippen LogP contribution in [0.2, 0.25) is 0 Å². The van der Waals surface area contributed by atoms with Gasteiger partial charge >= 0.3 is 0 Å². The molecule has 3 heteroatoms. The second-order valence-electron chi connectivity index (χ2n) is 5.57. The van der Waals surface area contributed by atoms with Gasteiger partial charge in [0.2, 0.25) is 0 Å². The number of benzene rings is 2. The van der Waals surface area contributed by atoms with E-state index in [1.54, 1.807) is 0 Å². The van der Waals surface area contributed by atoms with Gasteiger partial charge in [-0.2, -0.15) is 0 Å². The van der Waals surface area contributed by atoms with Gasteiger partial charge in [-0.3, -0.25) is 4.79 Å². The summed E-state index contributed by atoms with van der Waals surface area (Å²) >= 11 is 0. The van der Waals surface area contributed by atoms with Crippen molar-refractivity contribution in [2.45, 2.75) is 26.3 Å². The maximum atomic E-state index is 12.4. The fourth-order valence-electron chi connectivity index (χ4n) is 2.61. The van der Waals surface area contributed by atoms with Crippen LogP contribution in [0.1, 0.15) is 39.5 Å². The van der Waals surface area contributed by atoms with Crippen LogP contribution in [0.5, 0.6) is 5.75 Å². The fourth-order valence-corrected chi connectivity index (χ4v) is 2.61. The minimum absolute atomic E-state index is 0.0162. The van der Waals surface area contributed by atoms with Crippen LogP contribution >= 0.6 is 0 Å². The van der Waals surface area contributed by atoms with Gasteiger partial charge in [0.05, 0.1) is 12.6 Å². The van der Waals surface area contributed by atoms with Crippen molar-refractivity contribution in [1.82, 2.24) is 5.32 Å². The molecule has 1 aliphatic rings. The molecule has 0 bridgehead atoms. The number of aryl methyl sites for hydroxylation is 2. The standard InChI is InChI=1S/C18H19NO2/c1-12-3-6-14(7-4-12)18(20)19-16-9-10-21-17-8-5-13(2)11-15(16)17/h3-8,11,16H,9-10H2,1-2H3,(H,19,20). The molecule has 1 N–H and O–H groups in total. The molecule has 0 fully saturated rings. The summed E-state index contributed by atoms with van der Waals surface area (Å²) in [7, 11) is 0. The van der Waals surface area contributed by atoms with E-state index in [1.807, 2.05) is 50.2 Å². The Morgan fingerprint density at radius 3 is 2.57 bits per heavy atom. The summed E-state index contributed by atoms with van der Waals surface area (Å²) in [6.45, 7) is 4.70. The monoisotopic (exact) mass is 281 g/mol. The largest absolute Gasteiger partial charge is 0.493 e. The molecule has 1 heterocycles. The van der Waals surface area contributed by atoms with Crippen LogP contribution in [0.4, 0.5) is 0 Å². The highest BCUT2D eigenvalue weighted by atomic mass is 16.5. The minimum atomic E-state index is -0.0330. The maximum Gasteiger partial charge on any atom is 0.251 e. The molecular formula is C18H19NO2. The summed E-state index contributed by atoms with van der Waals surface area (Å²) in [5, 5.41) is 3.12. The molecule has 1 atom stereocenters. The summed E-state index contributed by atoms with van der Waals surface area (Å²) in [4.78, 5) is 12.4. The van der Waals surface area contributed by atoms with Gasteiger partial charge in [0, 0.05) is 17.5 Å². The van der Waals surface area contributed by atoms with Gasteiger partial charge in [-0.15, -0.1) is 0 Å². The Labute approximate surface area is 124 Å². The molecule has 2 aromatic carbocycles. The Balaban J connectivity index is 1.81. The molecule has 0 aliphatic carbocycles. The van der Waals surface area contributed by atoms with E-state index in [0.717, 1.165) is 23.3 Å². The van der Waals surface area contributed by atoms with Crippen LogP contribution in [0.15, 0.2) is 42.5 Å². The maximum absolute atomic E-state index is 12.4. The Hall–Kier alpha value is -2.29. The van der Waals surface area contributed by atoms with E-state index in [4.69, 9.17) is 4.74 Å². The number of ether oxygens (including phenoxy) is 1. The summed E-state index contributed by atoms with van der Waals surface area (Å²) in [6, 6.07) is 13.8. The molecule has 1 unspecified atom stereocenters. The zero-order valence-electron chi connectivity index (χ0n) is 12.3. The second-order valence-corrected chi connectivity index (χ2v) is 5.57. The van der Waals surface area contributed by atoms with Crippen molar-refractivity contribution in [3.63, 3.8) is 0 Å². The van der Waals surface area contributed by atoms with Crippen molar-refractivity contribution in [2.24, 2.45) is 0 Å². The number of rotatable bonds is 2. The van der Waals surface area contributed by atoms with Gasteiger partial charge in [-0.05, 0) is 32.0 Å². The second kappa shape index (κ2) is 5.60. The van der Waals surface area contributed by atoms with Crippen molar-refractivity contribution in [3.05, 3.63) is 64.7 Å². The van der Waals surface area contributed by atoms with Crippen LogP contribution in [0, 0.1) is 13.8 Å². The number of fused-ring (bicyclic) bond motifs is 1. The molecule has 3 rings (SSSR count). The highest BCUT2D eigenvalue weighted by Gasteiger charge is 2.23. The molecule has 1 aliphatic heterocycles. The van der Waals surface area contributed by atoms with Crippen molar-refractivity contribution >= 4 is 5.91 Å². The molecule has 0 spiro atoms. The summed E-state index contributed by atoms with van der Waals surface area (Å²) in [6.07, 6.45) is 0.800. The van der Waals surface area contributed by atoms with Gasteiger partial charge in [-0.25, -0.2) is 0 Å². The smallest absolute Gasteiger partial charge is 0.251 e. The van der Waals surface area contributed by atoms with Crippen LogP contribution in [-0.2, 0) is 0 Å². The van der Waals surface area contributed by atoms with Crippen molar-refractivity contribution < 1.29 is 9.53 Å². The molecule has 1 amide bonds. The lowest BCUT2D eigenvalue weighted by atomic mass is 9.98. The molecular weight excluding hydrogens is 262 g/mol. The Morgan fingerprint density at radius 1 is 1.10 bits per heavy atom. The summed E-state index contributed by atoms with van der Waals surface area (Å²) < 4.78 is 5.66. The molecule has 0 saturated heterocycles. The SMILES string of the molecule is Cc1ccc(C(=O)NC2CCOc3ccc(C)cc32)cc1. The van der Waals surface area contributed by atoms with E-state index >= 15 is 0 Å². The topological polar surface area (TPSA) is 38.3 Å². The van der Waals surface area contributed by atoms with E-state index in [9.17, 15) is 4.79 Å². The third-order valence-corrected chi connectivity index (χ3v) is 3.82. The molecule has 0 saturated carbocycles. The first-order valence-corrected chi connectivity index (χ1v) is 7.24. The number of amides is 1. The van der Waals surface area contributed by atoms with Gasteiger partial charge < -0.3 is 10.1 Å². The minimum Gasteiger partial charge on any atom is -0.493 e. The third kappa shape index (κ3) is 2.92. The molecule has 108 valence electrons. The quantitative estimate of drug-likeness (QED) is 0.914. The molecule has 21 heavy (non-hydrogen) atoms. The Bertz CT molecular complexity index is 661. The fraction of sp³-hybridized carbons (Fsp3) is 0.278. The van der Waals surface area contributed by atoms with E-state index < -0.39 is 0 Å². The predicted molar refractivity (Wildman–Crippen MR) is 82.7 cm³/mol. The predicted octanol–water partition coefficient (Wildman–Crippen LogP) is 3.56. The highest BCUT2D eigenvalue weighted by molar-refractivity contribution is 5.94. The van der Waals surface area contributed by atoms with E-state index in [-0.39, 0.29) is 11.9 Å². The number of hydrogen-bond acceptors (Lipinski definition) is 2. The first kappa shape index (κ1) is 13.7.